The normalized spacial score (nSPS) is 14.0. The lowest BCUT2D eigenvalue weighted by Crippen LogP contribution is -2.38. The van der Waals surface area contributed by atoms with E-state index in [2.05, 4.69) is 15.6 Å². The van der Waals surface area contributed by atoms with Crippen LogP contribution in [0.15, 0.2) is 34.2 Å². The summed E-state index contributed by atoms with van der Waals surface area (Å²) in [7, 11) is -1.37. The van der Waals surface area contributed by atoms with Gasteiger partial charge in [0.05, 0.1) is 15.6 Å². The molecule has 1 heterocycles. The molecule has 3 rings (SSSR count). The highest BCUT2D eigenvalue weighted by Gasteiger charge is 2.14. The second-order valence-electron chi connectivity index (χ2n) is 7.38. The highest BCUT2D eigenvalue weighted by molar-refractivity contribution is 14.0. The Kier molecular flexibility index (Phi) is 10.0. The number of fused-ring (bicyclic) bond motifs is 1. The van der Waals surface area contributed by atoms with E-state index in [1.807, 2.05) is 23.5 Å². The summed E-state index contributed by atoms with van der Waals surface area (Å²) in [6, 6.07) is 7.05. The number of benzene rings is 1. The average molecular weight is 563 g/mol. The standard InChI is InChI=1S/C21H30N4O2S2.HI/c1-22-21(24-15-13-16-9-11-17(12-10-16)29(2,26)27)23-14-5-8-20-25-18-6-3-4-7-19(18)28-20;/h9-12H,3-8,13-15H2,1-2H3,(H2,22,23,24);1H. The van der Waals surface area contributed by atoms with Gasteiger partial charge in [-0.05, 0) is 56.2 Å². The fourth-order valence-corrected chi connectivity index (χ4v) is 5.24. The molecule has 1 aromatic carbocycles. The molecule has 0 spiro atoms. The van der Waals surface area contributed by atoms with E-state index in [1.54, 1.807) is 19.2 Å². The van der Waals surface area contributed by atoms with Gasteiger partial charge in [0.1, 0.15) is 0 Å². The molecule has 0 aliphatic heterocycles. The van der Waals surface area contributed by atoms with Crippen molar-refractivity contribution in [2.24, 2.45) is 4.99 Å². The number of hydrogen-bond donors (Lipinski definition) is 2. The van der Waals surface area contributed by atoms with Crippen LogP contribution in [-0.4, -0.2) is 45.8 Å². The molecule has 6 nitrogen and oxygen atoms in total. The SMILES string of the molecule is CN=C(NCCCc1nc2c(s1)CCCC2)NCCc1ccc(S(C)(=O)=O)cc1.I. The van der Waals surface area contributed by atoms with Gasteiger partial charge >= 0.3 is 0 Å². The van der Waals surface area contributed by atoms with Gasteiger partial charge in [-0.15, -0.1) is 35.3 Å². The molecule has 0 radical (unpaired) electrons. The van der Waals surface area contributed by atoms with Gasteiger partial charge in [-0.25, -0.2) is 13.4 Å². The Balaban J connectivity index is 0.00000320. The Hall–Kier alpha value is -1.20. The summed E-state index contributed by atoms with van der Waals surface area (Å²) >= 11 is 1.89. The number of guanidine groups is 1. The largest absolute Gasteiger partial charge is 0.356 e. The van der Waals surface area contributed by atoms with E-state index < -0.39 is 9.84 Å². The number of nitrogens with zero attached hydrogens (tertiary/aromatic N) is 2. The molecule has 0 fully saturated rings. The maximum Gasteiger partial charge on any atom is 0.190 e. The lowest BCUT2D eigenvalue weighted by atomic mass is 10.0. The van der Waals surface area contributed by atoms with Crippen LogP contribution in [0.2, 0.25) is 0 Å². The zero-order valence-electron chi connectivity index (χ0n) is 17.6. The van der Waals surface area contributed by atoms with Crippen LogP contribution in [0.3, 0.4) is 0 Å². The van der Waals surface area contributed by atoms with Crippen LogP contribution in [-0.2, 0) is 35.5 Å². The Morgan fingerprint density at radius 2 is 1.80 bits per heavy atom. The molecule has 1 aromatic heterocycles. The predicted octanol–water partition coefficient (Wildman–Crippen LogP) is 3.38. The Morgan fingerprint density at radius 3 is 2.47 bits per heavy atom. The van der Waals surface area contributed by atoms with E-state index in [1.165, 1.54) is 41.1 Å². The molecule has 166 valence electrons. The average Bonchev–Trinajstić information content (AvgIpc) is 3.12. The first-order chi connectivity index (χ1) is 14.0. The first-order valence-electron chi connectivity index (χ1n) is 10.2. The second-order valence-corrected chi connectivity index (χ2v) is 10.6. The molecule has 0 unspecified atom stereocenters. The summed E-state index contributed by atoms with van der Waals surface area (Å²) in [5.41, 5.74) is 2.43. The smallest absolute Gasteiger partial charge is 0.190 e. The molecule has 0 atom stereocenters. The molecule has 0 amide bonds. The van der Waals surface area contributed by atoms with Crippen molar-refractivity contribution in [2.75, 3.05) is 26.4 Å². The van der Waals surface area contributed by atoms with Gasteiger partial charge in [0.15, 0.2) is 15.8 Å². The Morgan fingerprint density at radius 1 is 1.10 bits per heavy atom. The van der Waals surface area contributed by atoms with Gasteiger partial charge in [0.25, 0.3) is 0 Å². The molecule has 1 aliphatic carbocycles. The molecule has 1 aliphatic rings. The number of rotatable bonds is 8. The first-order valence-corrected chi connectivity index (χ1v) is 12.9. The van der Waals surface area contributed by atoms with Crippen molar-refractivity contribution in [2.45, 2.75) is 49.8 Å². The molecule has 9 heteroatoms. The maximum absolute atomic E-state index is 11.5. The number of hydrogen-bond acceptors (Lipinski definition) is 5. The second kappa shape index (κ2) is 12.0. The van der Waals surface area contributed by atoms with Gasteiger partial charge in [0.2, 0.25) is 0 Å². The fraction of sp³-hybridized carbons (Fsp3) is 0.524. The van der Waals surface area contributed by atoms with Gasteiger partial charge in [-0.3, -0.25) is 4.99 Å². The number of aromatic nitrogens is 1. The van der Waals surface area contributed by atoms with Crippen molar-refractivity contribution in [1.82, 2.24) is 15.6 Å². The lowest BCUT2D eigenvalue weighted by Gasteiger charge is -2.11. The third kappa shape index (κ3) is 7.49. The Labute approximate surface area is 200 Å². The number of aryl methyl sites for hydroxylation is 3. The van der Waals surface area contributed by atoms with E-state index in [-0.39, 0.29) is 24.0 Å². The minimum Gasteiger partial charge on any atom is -0.356 e. The minimum atomic E-state index is -3.14. The van der Waals surface area contributed by atoms with Gasteiger partial charge in [-0.1, -0.05) is 12.1 Å². The van der Waals surface area contributed by atoms with Crippen LogP contribution in [0.1, 0.15) is 40.4 Å². The van der Waals surface area contributed by atoms with Crippen molar-refractivity contribution in [3.8, 4) is 0 Å². The maximum atomic E-state index is 11.5. The zero-order chi connectivity index (χ0) is 20.7. The summed E-state index contributed by atoms with van der Waals surface area (Å²) in [4.78, 5) is 10.9. The van der Waals surface area contributed by atoms with E-state index in [0.717, 1.165) is 50.3 Å². The van der Waals surface area contributed by atoms with Crippen molar-refractivity contribution >= 4 is 51.1 Å². The zero-order valence-corrected chi connectivity index (χ0v) is 21.6. The van der Waals surface area contributed by atoms with Crippen molar-refractivity contribution in [3.05, 3.63) is 45.4 Å². The molecule has 2 aromatic rings. The number of aliphatic imine (C=N–C) groups is 1. The highest BCUT2D eigenvalue weighted by Crippen LogP contribution is 2.27. The molecule has 0 saturated carbocycles. The molecular formula is C21H31IN4O2S2. The number of halogens is 1. The van der Waals surface area contributed by atoms with Crippen LogP contribution in [0, 0.1) is 0 Å². The van der Waals surface area contributed by atoms with Crippen LogP contribution < -0.4 is 10.6 Å². The summed E-state index contributed by atoms with van der Waals surface area (Å²) < 4.78 is 23.0. The molecule has 0 saturated heterocycles. The highest BCUT2D eigenvalue weighted by atomic mass is 127. The van der Waals surface area contributed by atoms with Crippen LogP contribution in [0.4, 0.5) is 0 Å². The molecule has 0 bridgehead atoms. The first kappa shape index (κ1) is 25.1. The number of sulfone groups is 1. The van der Waals surface area contributed by atoms with Gasteiger partial charge < -0.3 is 10.6 Å². The quantitative estimate of drug-likeness (QED) is 0.223. The third-order valence-corrected chi connectivity index (χ3v) is 7.38. The van der Waals surface area contributed by atoms with Crippen molar-refractivity contribution < 1.29 is 8.42 Å². The molecule has 2 N–H and O–H groups in total. The summed E-state index contributed by atoms with van der Waals surface area (Å²) in [5, 5.41) is 7.93. The molecular weight excluding hydrogens is 531 g/mol. The van der Waals surface area contributed by atoms with Crippen LogP contribution in [0.25, 0.3) is 0 Å². The van der Waals surface area contributed by atoms with Crippen molar-refractivity contribution in [1.29, 1.82) is 0 Å². The Bertz CT molecular complexity index is 917. The predicted molar refractivity (Wildman–Crippen MR) is 135 cm³/mol. The summed E-state index contributed by atoms with van der Waals surface area (Å²) in [6.45, 7) is 1.59. The topological polar surface area (TPSA) is 83.4 Å². The van der Waals surface area contributed by atoms with E-state index in [4.69, 9.17) is 4.98 Å². The van der Waals surface area contributed by atoms with Crippen LogP contribution >= 0.6 is 35.3 Å². The summed E-state index contributed by atoms with van der Waals surface area (Å²) in [5.74, 6) is 0.788. The number of nitrogens with one attached hydrogen (secondary N) is 2. The van der Waals surface area contributed by atoms with E-state index in [9.17, 15) is 8.42 Å². The molecule has 30 heavy (non-hydrogen) atoms. The van der Waals surface area contributed by atoms with E-state index >= 15 is 0 Å². The van der Waals surface area contributed by atoms with E-state index in [0.29, 0.717) is 4.90 Å². The monoisotopic (exact) mass is 562 g/mol. The van der Waals surface area contributed by atoms with Gasteiger partial charge in [-0.2, -0.15) is 0 Å². The number of thiazole rings is 1. The third-order valence-electron chi connectivity index (χ3n) is 5.03. The van der Waals surface area contributed by atoms with Crippen molar-refractivity contribution in [3.63, 3.8) is 0 Å². The van der Waals surface area contributed by atoms with Gasteiger partial charge in [0, 0.05) is 37.7 Å². The fourth-order valence-electron chi connectivity index (χ4n) is 3.41. The lowest BCUT2D eigenvalue weighted by molar-refractivity contribution is 0.602. The summed E-state index contributed by atoms with van der Waals surface area (Å²) in [6.07, 6.45) is 9.00. The van der Waals surface area contributed by atoms with Crippen LogP contribution in [0.5, 0.6) is 0 Å². The minimum absolute atomic E-state index is 0.